The third-order valence-corrected chi connectivity index (χ3v) is 14.2. The molecule has 1 rings (SSSR count). The van der Waals surface area contributed by atoms with Gasteiger partial charge in [0.1, 0.15) is 0 Å². The summed E-state index contributed by atoms with van der Waals surface area (Å²) in [5, 5.41) is 43.8. The average molecular weight is 1060 g/mol. The summed E-state index contributed by atoms with van der Waals surface area (Å²) in [6, 6.07) is 6.83. The van der Waals surface area contributed by atoms with Crippen molar-refractivity contribution >= 4 is 33.8 Å². The van der Waals surface area contributed by atoms with Crippen molar-refractivity contribution in [1.29, 1.82) is 0 Å². The van der Waals surface area contributed by atoms with Gasteiger partial charge >= 0.3 is 0 Å². The Hall–Kier alpha value is -3.06. The van der Waals surface area contributed by atoms with Gasteiger partial charge in [-0.25, -0.2) is 0 Å². The van der Waals surface area contributed by atoms with Crippen LogP contribution in [0, 0.1) is 0 Å². The summed E-state index contributed by atoms with van der Waals surface area (Å²) >= 11 is 2.41. The molecule has 0 spiro atoms. The maximum absolute atomic E-state index is 13.4. The molecule has 0 fully saturated rings. The van der Waals surface area contributed by atoms with E-state index in [2.05, 4.69) is 110 Å². The zero-order valence-electron chi connectivity index (χ0n) is 46.8. The van der Waals surface area contributed by atoms with Gasteiger partial charge in [-0.15, -0.1) is 0 Å². The van der Waals surface area contributed by atoms with Gasteiger partial charge in [-0.2, -0.15) is 0 Å². The number of benzene rings is 1. The second kappa shape index (κ2) is 50.7. The van der Waals surface area contributed by atoms with E-state index in [-0.39, 0.29) is 10.2 Å². The number of rotatable bonds is 48. The molecule has 1 aromatic rings. The third-order valence-electron chi connectivity index (χ3n) is 12.5. The van der Waals surface area contributed by atoms with Gasteiger partial charge in [0.05, 0.1) is 24.4 Å². The highest BCUT2D eigenvalue weighted by molar-refractivity contribution is 8.14. The van der Waals surface area contributed by atoms with Crippen molar-refractivity contribution in [2.75, 3.05) is 50.8 Å². The van der Waals surface area contributed by atoms with Crippen LogP contribution in [0.5, 0.6) is 0 Å². The van der Waals surface area contributed by atoms with Crippen molar-refractivity contribution in [2.24, 2.45) is 0 Å². The van der Waals surface area contributed by atoms with Crippen molar-refractivity contribution in [3.63, 3.8) is 0 Å². The van der Waals surface area contributed by atoms with Crippen LogP contribution in [-0.4, -0.2) is 116 Å². The van der Waals surface area contributed by atoms with Crippen LogP contribution in [0.25, 0.3) is 0 Å². The molecule has 0 heterocycles. The molecule has 0 amide bonds. The lowest BCUT2D eigenvalue weighted by Gasteiger charge is -2.26. The van der Waals surface area contributed by atoms with Gasteiger partial charge in [0.15, 0.2) is 0 Å². The van der Waals surface area contributed by atoms with E-state index < -0.39 is 24.4 Å². The van der Waals surface area contributed by atoms with Crippen LogP contribution in [0.3, 0.4) is 0 Å². The summed E-state index contributed by atoms with van der Waals surface area (Å²) in [7, 11) is 0. The lowest BCUT2D eigenvalue weighted by Crippen LogP contribution is -2.39. The number of hydrogen-bond donors (Lipinski definition) is 4. The molecule has 10 heteroatoms. The number of hydrogen-bond acceptors (Lipinski definition) is 10. The summed E-state index contributed by atoms with van der Waals surface area (Å²) in [5.41, 5.74) is 1.03. The van der Waals surface area contributed by atoms with Gasteiger partial charge < -0.3 is 20.4 Å². The van der Waals surface area contributed by atoms with Crippen molar-refractivity contribution in [2.45, 2.75) is 206 Å². The molecule has 418 valence electrons. The van der Waals surface area contributed by atoms with Crippen LogP contribution in [0.1, 0.15) is 203 Å². The zero-order valence-corrected chi connectivity index (χ0v) is 48.4. The second-order valence-corrected chi connectivity index (χ2v) is 21.8. The molecule has 4 N–H and O–H groups in total. The molecule has 74 heavy (non-hydrogen) atoms. The molecular formula is C64H104N2O6S2. The van der Waals surface area contributed by atoms with Crippen molar-refractivity contribution in [3.05, 3.63) is 133 Å². The first-order chi connectivity index (χ1) is 36.1. The fraction of sp³-hybridized carbons (Fsp3) is 0.625. The summed E-state index contributed by atoms with van der Waals surface area (Å²) in [5.74, 6) is 0.983. The number of aliphatic hydroxyl groups is 4. The smallest absolute Gasteiger partial charge is 0.219 e. The maximum Gasteiger partial charge on any atom is 0.219 e. The largest absolute Gasteiger partial charge is 0.391 e. The van der Waals surface area contributed by atoms with Crippen molar-refractivity contribution < 1.29 is 30.0 Å². The molecule has 0 saturated carbocycles. The Labute approximate surface area is 460 Å². The van der Waals surface area contributed by atoms with Crippen molar-refractivity contribution in [3.8, 4) is 0 Å². The van der Waals surface area contributed by atoms with E-state index >= 15 is 0 Å². The molecular weight excluding hydrogens is 957 g/mol. The Morgan fingerprint density at radius 2 is 0.635 bits per heavy atom. The predicted molar refractivity (Wildman–Crippen MR) is 324 cm³/mol. The number of thioether (sulfide) groups is 2. The van der Waals surface area contributed by atoms with Gasteiger partial charge in [0.2, 0.25) is 10.2 Å². The second-order valence-electron chi connectivity index (χ2n) is 19.6. The van der Waals surface area contributed by atoms with Crippen LogP contribution in [0.4, 0.5) is 0 Å². The standard InChI is InChI=1S/C64H104N2O6S2/c1-5-9-13-17-21-25-29-33-37-41-59(67)53-65(54-60(68)42-38-34-30-26-22-18-14-10-6-2)49-51-73-63(71)57-45-47-58(48-46-57)64(72)74-52-50-66(55-61(69)43-39-35-31-27-23-19-15-11-7-3)56-62(70)44-40-36-32-28-24-20-16-12-8-4/h21-28,33-40,45-48,59-62,67-70H,5-20,29-32,41-44,49-56H2,1-4H3/b25-21-,26-22-,27-23-,28-24-,37-33-,38-34-,39-35-,40-36-. The first kappa shape index (κ1) is 69.0. The number of carbonyl (C=O) groups excluding carboxylic acids is 2. The van der Waals surface area contributed by atoms with Crippen LogP contribution in [-0.2, 0) is 0 Å². The summed E-state index contributed by atoms with van der Waals surface area (Å²) in [6.45, 7) is 11.5. The van der Waals surface area contributed by atoms with E-state index in [0.717, 1.165) is 51.4 Å². The molecule has 0 aliphatic carbocycles. The van der Waals surface area contributed by atoms with Crippen LogP contribution >= 0.6 is 23.5 Å². The van der Waals surface area contributed by atoms with Crippen LogP contribution < -0.4 is 0 Å². The topological polar surface area (TPSA) is 122 Å². The Balaban J connectivity index is 2.83. The first-order valence-corrected chi connectivity index (χ1v) is 30.9. The Kier molecular flexibility index (Phi) is 47.3. The van der Waals surface area contributed by atoms with E-state index in [1.165, 1.54) is 101 Å². The quantitative estimate of drug-likeness (QED) is 0.0371. The highest BCUT2D eigenvalue weighted by atomic mass is 32.2. The van der Waals surface area contributed by atoms with Gasteiger partial charge in [0, 0.05) is 61.9 Å². The highest BCUT2D eigenvalue weighted by Gasteiger charge is 2.18. The zero-order chi connectivity index (χ0) is 54.0. The Morgan fingerprint density at radius 3 is 0.878 bits per heavy atom. The fourth-order valence-electron chi connectivity index (χ4n) is 8.07. The number of allylic oxidation sites excluding steroid dienone is 12. The number of unbranched alkanes of at least 4 members (excludes halogenated alkanes) is 12. The summed E-state index contributed by atoms with van der Waals surface area (Å²) < 4.78 is 0. The van der Waals surface area contributed by atoms with E-state index in [9.17, 15) is 30.0 Å². The summed E-state index contributed by atoms with van der Waals surface area (Å²) in [4.78, 5) is 30.8. The average Bonchev–Trinajstić information content (AvgIpc) is 3.38. The Morgan fingerprint density at radius 1 is 0.392 bits per heavy atom. The molecule has 0 bridgehead atoms. The Bertz CT molecular complexity index is 1530. The molecule has 0 saturated heterocycles. The van der Waals surface area contributed by atoms with Gasteiger partial charge in [-0.1, -0.05) is 200 Å². The number of carbonyl (C=O) groups is 2. The van der Waals surface area contributed by atoms with E-state index in [0.29, 0.717) is 87.6 Å². The highest BCUT2D eigenvalue weighted by Crippen LogP contribution is 2.19. The normalized spacial score (nSPS) is 14.4. The summed E-state index contributed by atoms with van der Waals surface area (Å²) in [6.07, 6.45) is 56.4. The molecule has 4 atom stereocenters. The first-order valence-electron chi connectivity index (χ1n) is 28.9. The van der Waals surface area contributed by atoms with Gasteiger partial charge in [0.25, 0.3) is 0 Å². The van der Waals surface area contributed by atoms with Crippen LogP contribution in [0.15, 0.2) is 121 Å². The maximum atomic E-state index is 13.4. The van der Waals surface area contributed by atoms with E-state index in [1.54, 1.807) is 24.3 Å². The van der Waals surface area contributed by atoms with Crippen LogP contribution in [0.2, 0.25) is 0 Å². The molecule has 1 aromatic carbocycles. The molecule has 0 aliphatic heterocycles. The van der Waals surface area contributed by atoms with Gasteiger partial charge in [-0.05, 0) is 127 Å². The molecule has 8 nitrogen and oxygen atoms in total. The molecule has 0 aliphatic rings. The fourth-order valence-corrected chi connectivity index (χ4v) is 9.74. The molecule has 4 unspecified atom stereocenters. The molecule has 0 radical (unpaired) electrons. The van der Waals surface area contributed by atoms with E-state index in [1.807, 2.05) is 24.3 Å². The number of nitrogens with zero attached hydrogens (tertiary/aromatic N) is 2. The minimum Gasteiger partial charge on any atom is -0.391 e. The predicted octanol–water partition coefficient (Wildman–Crippen LogP) is 15.4. The molecule has 0 aromatic heterocycles. The number of aliphatic hydroxyl groups excluding tert-OH is 4. The van der Waals surface area contributed by atoms with Gasteiger partial charge in [-0.3, -0.25) is 19.4 Å². The van der Waals surface area contributed by atoms with Crippen molar-refractivity contribution in [1.82, 2.24) is 9.80 Å². The SMILES string of the molecule is CCCCC/C=C\C/C=C\CC(O)CN(CCSC(=O)c1ccc(C(=O)SCCN(CC(O)C/C=C\C/C=C\CCCCC)CC(O)C/C=C\C/C=C\CCCCC)cc1)CC(O)C/C=C\C/C=C\CCCCC. The minimum absolute atomic E-state index is 0.0933. The lowest BCUT2D eigenvalue weighted by atomic mass is 10.1. The third kappa shape index (κ3) is 42.1. The lowest BCUT2D eigenvalue weighted by molar-refractivity contribution is 0.0746. The minimum atomic E-state index is -0.597. The monoisotopic (exact) mass is 1060 g/mol. The van der Waals surface area contributed by atoms with E-state index in [4.69, 9.17) is 0 Å².